The molecule has 0 atom stereocenters. The van der Waals surface area contributed by atoms with Crippen molar-refractivity contribution in [3.8, 4) is 0 Å². The van der Waals surface area contributed by atoms with Crippen LogP contribution < -0.4 is 5.32 Å². The van der Waals surface area contributed by atoms with Crippen LogP contribution in [-0.4, -0.2) is 55.6 Å². The Balaban J connectivity index is 1.51. The Morgan fingerprint density at radius 2 is 1.58 bits per heavy atom. The molecule has 4 rings (SSSR count). The van der Waals surface area contributed by atoms with Crippen LogP contribution in [-0.2, 0) is 10.0 Å². The van der Waals surface area contributed by atoms with Crippen LogP contribution in [0, 0.1) is 12.8 Å². The monoisotopic (exact) mass is 469 g/mol. The molecule has 0 spiro atoms. The predicted octanol–water partition coefficient (Wildman–Crippen LogP) is 3.90. The molecule has 2 amide bonds. The number of nitrogens with one attached hydrogen (secondary N) is 1. The number of benzene rings is 2. The molecular formula is C25H31N3O4S. The van der Waals surface area contributed by atoms with E-state index in [2.05, 4.69) is 12.2 Å². The van der Waals surface area contributed by atoms with Gasteiger partial charge in [-0.15, -0.1) is 0 Å². The third-order valence-electron chi connectivity index (χ3n) is 6.63. The Bertz CT molecular complexity index is 1130. The van der Waals surface area contributed by atoms with Crippen LogP contribution in [0.1, 0.15) is 58.9 Å². The van der Waals surface area contributed by atoms with Crippen LogP contribution in [0.5, 0.6) is 0 Å². The topological polar surface area (TPSA) is 86.8 Å². The van der Waals surface area contributed by atoms with Gasteiger partial charge in [0, 0.05) is 31.7 Å². The molecule has 0 radical (unpaired) electrons. The number of hydrogen-bond acceptors (Lipinski definition) is 4. The van der Waals surface area contributed by atoms with Gasteiger partial charge in [0.15, 0.2) is 0 Å². The van der Waals surface area contributed by atoms with Gasteiger partial charge in [0.25, 0.3) is 11.8 Å². The van der Waals surface area contributed by atoms with E-state index in [1.54, 1.807) is 6.07 Å². The van der Waals surface area contributed by atoms with Crippen molar-refractivity contribution < 1.29 is 18.0 Å². The normalized spacial score (nSPS) is 17.8. The van der Waals surface area contributed by atoms with E-state index < -0.39 is 10.0 Å². The summed E-state index contributed by atoms with van der Waals surface area (Å²) in [6.07, 6.45) is 3.69. The summed E-state index contributed by atoms with van der Waals surface area (Å²) >= 11 is 0. The molecule has 7 nitrogen and oxygen atoms in total. The number of likely N-dealkylation sites (tertiary alicyclic amines) is 1. The first-order valence-electron chi connectivity index (χ1n) is 11.6. The minimum Gasteiger partial charge on any atom is -0.339 e. The van der Waals surface area contributed by atoms with Crippen molar-refractivity contribution >= 4 is 27.5 Å². The maximum absolute atomic E-state index is 13.0. The fourth-order valence-electron chi connectivity index (χ4n) is 4.44. The zero-order chi connectivity index (χ0) is 23.6. The number of aryl methyl sites for hydroxylation is 1. The Hall–Kier alpha value is -2.71. The fraction of sp³-hybridized carbons (Fsp3) is 0.440. The lowest BCUT2D eigenvalue weighted by molar-refractivity contribution is 0.0793. The van der Waals surface area contributed by atoms with Crippen molar-refractivity contribution in [3.63, 3.8) is 0 Å². The molecule has 2 aliphatic heterocycles. The molecule has 1 N–H and O–H groups in total. The van der Waals surface area contributed by atoms with Crippen molar-refractivity contribution in [2.24, 2.45) is 5.92 Å². The second-order valence-corrected chi connectivity index (χ2v) is 11.0. The molecule has 2 heterocycles. The van der Waals surface area contributed by atoms with E-state index in [0.29, 0.717) is 35.8 Å². The number of piperidine rings is 1. The van der Waals surface area contributed by atoms with Crippen LogP contribution in [0.2, 0.25) is 0 Å². The number of rotatable bonds is 5. The van der Waals surface area contributed by atoms with E-state index in [0.717, 1.165) is 44.3 Å². The molecule has 2 aliphatic rings. The van der Waals surface area contributed by atoms with Gasteiger partial charge >= 0.3 is 0 Å². The van der Waals surface area contributed by atoms with Gasteiger partial charge in [-0.05, 0) is 74.4 Å². The molecule has 2 fully saturated rings. The van der Waals surface area contributed by atoms with E-state index in [9.17, 15) is 18.0 Å². The third kappa shape index (κ3) is 4.96. The Kier molecular flexibility index (Phi) is 6.86. The number of anilines is 1. The van der Waals surface area contributed by atoms with Crippen molar-refractivity contribution in [2.75, 3.05) is 31.5 Å². The summed E-state index contributed by atoms with van der Waals surface area (Å²) in [5, 5.41) is 2.88. The third-order valence-corrected chi connectivity index (χ3v) is 8.54. The molecule has 0 saturated carbocycles. The summed E-state index contributed by atoms with van der Waals surface area (Å²) < 4.78 is 27.4. The summed E-state index contributed by atoms with van der Waals surface area (Å²) in [6.45, 7) is 6.49. The first kappa shape index (κ1) is 23.4. The van der Waals surface area contributed by atoms with Gasteiger partial charge < -0.3 is 10.2 Å². The smallest absolute Gasteiger partial charge is 0.255 e. The van der Waals surface area contributed by atoms with Crippen molar-refractivity contribution in [2.45, 2.75) is 44.4 Å². The average Bonchev–Trinajstić information content (AvgIpc) is 3.35. The minimum absolute atomic E-state index is 0.0798. The van der Waals surface area contributed by atoms with Crippen LogP contribution in [0.3, 0.4) is 0 Å². The maximum Gasteiger partial charge on any atom is 0.255 e. The molecule has 0 aromatic heterocycles. The number of hydrogen-bond donors (Lipinski definition) is 1. The Morgan fingerprint density at radius 3 is 2.21 bits per heavy atom. The van der Waals surface area contributed by atoms with Crippen LogP contribution in [0.25, 0.3) is 0 Å². The van der Waals surface area contributed by atoms with Gasteiger partial charge in [0.2, 0.25) is 10.0 Å². The van der Waals surface area contributed by atoms with Crippen LogP contribution in [0.4, 0.5) is 5.69 Å². The molecule has 0 bridgehead atoms. The largest absolute Gasteiger partial charge is 0.339 e. The zero-order valence-corrected chi connectivity index (χ0v) is 20.0. The minimum atomic E-state index is -3.57. The van der Waals surface area contributed by atoms with Gasteiger partial charge in [-0.2, -0.15) is 4.31 Å². The van der Waals surface area contributed by atoms with Crippen molar-refractivity contribution in [1.82, 2.24) is 9.21 Å². The molecule has 2 aromatic rings. The Labute approximate surface area is 195 Å². The summed E-state index contributed by atoms with van der Waals surface area (Å²) in [5.41, 5.74) is 2.11. The highest BCUT2D eigenvalue weighted by Gasteiger charge is 2.28. The second kappa shape index (κ2) is 9.65. The van der Waals surface area contributed by atoms with E-state index >= 15 is 0 Å². The van der Waals surface area contributed by atoms with Gasteiger partial charge in [-0.3, -0.25) is 9.59 Å². The number of nitrogens with zero attached hydrogens (tertiary/aromatic N) is 2. The quantitative estimate of drug-likeness (QED) is 0.719. The first-order chi connectivity index (χ1) is 15.8. The first-order valence-corrected chi connectivity index (χ1v) is 13.0. The summed E-state index contributed by atoms with van der Waals surface area (Å²) in [4.78, 5) is 27.9. The molecule has 0 unspecified atom stereocenters. The highest BCUT2D eigenvalue weighted by molar-refractivity contribution is 7.89. The number of sulfonamides is 1. The van der Waals surface area contributed by atoms with Gasteiger partial charge in [0.1, 0.15) is 0 Å². The lowest BCUT2D eigenvalue weighted by Gasteiger charge is -2.29. The summed E-state index contributed by atoms with van der Waals surface area (Å²) in [5.74, 6) is 0.0746. The molecular weight excluding hydrogens is 438 g/mol. The lowest BCUT2D eigenvalue weighted by Crippen LogP contribution is -2.37. The number of carbonyl (C=O) groups is 2. The maximum atomic E-state index is 13.0. The SMILES string of the molecule is Cc1cccc(C(=O)N2CCCC2)c1NC(=O)c1ccc(S(=O)(=O)N2CCC(C)CC2)cc1. The Morgan fingerprint density at radius 1 is 0.939 bits per heavy atom. The molecule has 33 heavy (non-hydrogen) atoms. The standard InChI is InChI=1S/C25H31N3O4S/c1-18-12-16-28(17-13-18)33(31,32)21-10-8-20(9-11-21)24(29)26-23-19(2)6-5-7-22(23)25(30)27-14-3-4-15-27/h5-11,18H,3-4,12-17H2,1-2H3,(H,26,29). The lowest BCUT2D eigenvalue weighted by atomic mass is 10.0. The highest BCUT2D eigenvalue weighted by Crippen LogP contribution is 2.26. The zero-order valence-electron chi connectivity index (χ0n) is 19.2. The molecule has 2 saturated heterocycles. The average molecular weight is 470 g/mol. The van der Waals surface area contributed by atoms with E-state index in [4.69, 9.17) is 0 Å². The predicted molar refractivity (Wildman–Crippen MR) is 128 cm³/mol. The molecule has 0 aliphatic carbocycles. The van der Waals surface area contributed by atoms with E-state index in [1.807, 2.05) is 24.0 Å². The molecule has 2 aromatic carbocycles. The van der Waals surface area contributed by atoms with Crippen molar-refractivity contribution in [1.29, 1.82) is 0 Å². The number of para-hydroxylation sites is 1. The molecule has 8 heteroatoms. The summed E-state index contributed by atoms with van der Waals surface area (Å²) in [6, 6.07) is 11.4. The number of amides is 2. The van der Waals surface area contributed by atoms with E-state index in [-0.39, 0.29) is 16.7 Å². The summed E-state index contributed by atoms with van der Waals surface area (Å²) in [7, 11) is -3.57. The fourth-order valence-corrected chi connectivity index (χ4v) is 5.91. The van der Waals surface area contributed by atoms with Crippen molar-refractivity contribution in [3.05, 3.63) is 59.2 Å². The van der Waals surface area contributed by atoms with Crippen LogP contribution >= 0.6 is 0 Å². The van der Waals surface area contributed by atoms with Gasteiger partial charge in [0.05, 0.1) is 16.1 Å². The van der Waals surface area contributed by atoms with E-state index in [1.165, 1.54) is 28.6 Å². The second-order valence-electron chi connectivity index (χ2n) is 9.06. The molecule has 176 valence electrons. The highest BCUT2D eigenvalue weighted by atomic mass is 32.2. The van der Waals surface area contributed by atoms with Gasteiger partial charge in [-0.1, -0.05) is 19.1 Å². The van der Waals surface area contributed by atoms with Gasteiger partial charge in [-0.25, -0.2) is 8.42 Å². The van der Waals surface area contributed by atoms with Crippen LogP contribution in [0.15, 0.2) is 47.4 Å². The number of carbonyl (C=O) groups excluding carboxylic acids is 2.